The Morgan fingerprint density at radius 2 is 2.00 bits per heavy atom. The largest absolute Gasteiger partial charge is 0.335 e. The minimum Gasteiger partial charge on any atom is -0.335 e. The third kappa shape index (κ3) is 2.91. The Bertz CT molecular complexity index is 540. The van der Waals surface area contributed by atoms with Crippen LogP contribution in [0.1, 0.15) is 24.2 Å². The molecule has 2 unspecified atom stereocenters. The molecule has 6 nitrogen and oxygen atoms in total. The van der Waals surface area contributed by atoms with Gasteiger partial charge < -0.3 is 10.2 Å². The van der Waals surface area contributed by atoms with Crippen molar-refractivity contribution in [3.8, 4) is 0 Å². The van der Waals surface area contributed by atoms with Gasteiger partial charge in [0.2, 0.25) is 0 Å². The predicted molar refractivity (Wildman–Crippen MR) is 76.1 cm³/mol. The number of amides is 1. The van der Waals surface area contributed by atoms with E-state index in [0.29, 0.717) is 13.1 Å². The van der Waals surface area contributed by atoms with E-state index in [0.717, 1.165) is 0 Å². The summed E-state index contributed by atoms with van der Waals surface area (Å²) >= 11 is 5.99. The Morgan fingerprint density at radius 1 is 1.40 bits per heavy atom. The average molecular weight is 298 g/mol. The zero-order valence-electron chi connectivity index (χ0n) is 11.3. The molecule has 1 fully saturated rings. The molecule has 1 aromatic carbocycles. The molecular formula is C13H16ClN3O3. The van der Waals surface area contributed by atoms with Gasteiger partial charge >= 0.3 is 0 Å². The van der Waals surface area contributed by atoms with Crippen molar-refractivity contribution in [2.24, 2.45) is 0 Å². The molecule has 1 amide bonds. The Kier molecular flexibility index (Phi) is 4.25. The molecule has 0 aromatic heterocycles. The van der Waals surface area contributed by atoms with E-state index in [-0.39, 0.29) is 34.3 Å². The maximum Gasteiger partial charge on any atom is 0.283 e. The standard InChI is InChI=1S/C13H16ClN3O3/c1-8-6-16(7-9(2)15-8)13(18)12-10(14)4-3-5-11(12)17(19)20/h3-5,8-9,15H,6-7H2,1-2H3. The van der Waals surface area contributed by atoms with Crippen LogP contribution in [0.15, 0.2) is 18.2 Å². The molecule has 1 N–H and O–H groups in total. The average Bonchev–Trinajstić information content (AvgIpc) is 2.36. The minimum atomic E-state index is -0.575. The second-order valence-electron chi connectivity index (χ2n) is 5.07. The van der Waals surface area contributed by atoms with Crippen LogP contribution in [-0.2, 0) is 0 Å². The molecule has 0 aliphatic carbocycles. The first kappa shape index (κ1) is 14.7. The molecule has 1 heterocycles. The maximum atomic E-state index is 12.5. The Hall–Kier alpha value is -1.66. The number of nitrogens with zero attached hydrogens (tertiary/aromatic N) is 2. The van der Waals surface area contributed by atoms with Gasteiger partial charge in [-0.2, -0.15) is 0 Å². The third-order valence-electron chi connectivity index (χ3n) is 3.25. The number of nitro benzene ring substituents is 1. The van der Waals surface area contributed by atoms with Crippen LogP contribution in [-0.4, -0.2) is 40.9 Å². The lowest BCUT2D eigenvalue weighted by atomic mass is 10.1. The van der Waals surface area contributed by atoms with E-state index in [2.05, 4.69) is 5.32 Å². The second kappa shape index (κ2) is 5.76. The molecule has 2 atom stereocenters. The van der Waals surface area contributed by atoms with Gasteiger partial charge in [0, 0.05) is 31.2 Å². The molecule has 1 aromatic rings. The van der Waals surface area contributed by atoms with Crippen molar-refractivity contribution in [1.82, 2.24) is 10.2 Å². The van der Waals surface area contributed by atoms with Crippen LogP contribution in [0, 0.1) is 10.1 Å². The third-order valence-corrected chi connectivity index (χ3v) is 3.56. The van der Waals surface area contributed by atoms with E-state index in [9.17, 15) is 14.9 Å². The zero-order chi connectivity index (χ0) is 14.9. The summed E-state index contributed by atoms with van der Waals surface area (Å²) in [6.07, 6.45) is 0. The summed E-state index contributed by atoms with van der Waals surface area (Å²) in [5.74, 6) is -0.387. The van der Waals surface area contributed by atoms with E-state index in [1.165, 1.54) is 18.2 Å². The van der Waals surface area contributed by atoms with E-state index in [4.69, 9.17) is 11.6 Å². The van der Waals surface area contributed by atoms with Crippen molar-refractivity contribution in [1.29, 1.82) is 0 Å². The number of nitrogens with one attached hydrogen (secondary N) is 1. The van der Waals surface area contributed by atoms with Crippen molar-refractivity contribution in [3.63, 3.8) is 0 Å². The molecular weight excluding hydrogens is 282 g/mol. The van der Waals surface area contributed by atoms with E-state index in [1.54, 1.807) is 4.90 Å². The molecule has 0 spiro atoms. The summed E-state index contributed by atoms with van der Waals surface area (Å²) in [5.41, 5.74) is -0.276. The lowest BCUT2D eigenvalue weighted by Crippen LogP contribution is -2.55. The minimum absolute atomic E-state index is 0.0273. The molecule has 1 aliphatic rings. The fraction of sp³-hybridized carbons (Fsp3) is 0.462. The molecule has 0 radical (unpaired) electrons. The lowest BCUT2D eigenvalue weighted by Gasteiger charge is -2.36. The van der Waals surface area contributed by atoms with Gasteiger partial charge in [-0.15, -0.1) is 0 Å². The molecule has 0 bridgehead atoms. The monoisotopic (exact) mass is 297 g/mol. The summed E-state index contributed by atoms with van der Waals surface area (Å²) < 4.78 is 0. The fourth-order valence-electron chi connectivity index (χ4n) is 2.53. The molecule has 1 aliphatic heterocycles. The first-order valence-corrected chi connectivity index (χ1v) is 6.76. The number of rotatable bonds is 2. The number of nitro groups is 1. The second-order valence-corrected chi connectivity index (χ2v) is 5.48. The van der Waals surface area contributed by atoms with Crippen molar-refractivity contribution in [2.45, 2.75) is 25.9 Å². The van der Waals surface area contributed by atoms with Gasteiger partial charge in [0.25, 0.3) is 11.6 Å². The lowest BCUT2D eigenvalue weighted by molar-refractivity contribution is -0.385. The molecule has 108 valence electrons. The van der Waals surface area contributed by atoms with E-state index >= 15 is 0 Å². The topological polar surface area (TPSA) is 75.5 Å². The molecule has 0 saturated carbocycles. The van der Waals surface area contributed by atoms with Crippen LogP contribution < -0.4 is 5.32 Å². The predicted octanol–water partition coefficient (Wildman–Crippen LogP) is 2.07. The normalized spacial score (nSPS) is 22.6. The zero-order valence-corrected chi connectivity index (χ0v) is 12.1. The first-order chi connectivity index (χ1) is 9.40. The summed E-state index contributed by atoms with van der Waals surface area (Å²) in [4.78, 5) is 24.6. The first-order valence-electron chi connectivity index (χ1n) is 6.38. The smallest absolute Gasteiger partial charge is 0.283 e. The van der Waals surface area contributed by atoms with Crippen molar-refractivity contribution in [3.05, 3.63) is 38.9 Å². The fourth-order valence-corrected chi connectivity index (χ4v) is 2.78. The summed E-state index contributed by atoms with van der Waals surface area (Å²) in [5, 5.41) is 14.5. The van der Waals surface area contributed by atoms with Gasteiger partial charge in [-0.05, 0) is 19.9 Å². The van der Waals surface area contributed by atoms with Crippen LogP contribution in [0.4, 0.5) is 5.69 Å². The Balaban J connectivity index is 2.36. The quantitative estimate of drug-likeness (QED) is 0.670. The van der Waals surface area contributed by atoms with Crippen LogP contribution >= 0.6 is 11.6 Å². The van der Waals surface area contributed by atoms with Gasteiger partial charge in [0.05, 0.1) is 9.95 Å². The number of carbonyl (C=O) groups excluding carboxylic acids is 1. The van der Waals surface area contributed by atoms with E-state index in [1.807, 2.05) is 13.8 Å². The number of halogens is 1. The van der Waals surface area contributed by atoms with Gasteiger partial charge in [-0.25, -0.2) is 0 Å². The van der Waals surface area contributed by atoms with E-state index < -0.39 is 4.92 Å². The van der Waals surface area contributed by atoms with Gasteiger partial charge in [-0.3, -0.25) is 14.9 Å². The molecule has 2 rings (SSSR count). The highest BCUT2D eigenvalue weighted by Gasteiger charge is 2.31. The molecule has 20 heavy (non-hydrogen) atoms. The SMILES string of the molecule is CC1CN(C(=O)c2c(Cl)cccc2[N+](=O)[O-])CC(C)N1. The summed E-state index contributed by atoms with van der Waals surface area (Å²) in [6.45, 7) is 4.95. The van der Waals surface area contributed by atoms with Crippen LogP contribution in [0.25, 0.3) is 0 Å². The van der Waals surface area contributed by atoms with Crippen LogP contribution in [0.2, 0.25) is 5.02 Å². The highest BCUT2D eigenvalue weighted by atomic mass is 35.5. The maximum absolute atomic E-state index is 12.5. The summed E-state index contributed by atoms with van der Waals surface area (Å²) in [7, 11) is 0. The highest BCUT2D eigenvalue weighted by Crippen LogP contribution is 2.28. The number of carbonyl (C=O) groups is 1. The Morgan fingerprint density at radius 3 is 2.55 bits per heavy atom. The van der Waals surface area contributed by atoms with Crippen LogP contribution in [0.5, 0.6) is 0 Å². The van der Waals surface area contributed by atoms with Gasteiger partial charge in [0.15, 0.2) is 0 Å². The van der Waals surface area contributed by atoms with Gasteiger partial charge in [0.1, 0.15) is 5.56 Å². The number of hydrogen-bond donors (Lipinski definition) is 1. The molecule has 1 saturated heterocycles. The van der Waals surface area contributed by atoms with Gasteiger partial charge in [-0.1, -0.05) is 17.7 Å². The number of hydrogen-bond acceptors (Lipinski definition) is 4. The van der Waals surface area contributed by atoms with Crippen molar-refractivity contribution < 1.29 is 9.72 Å². The molecule has 7 heteroatoms. The highest BCUT2D eigenvalue weighted by molar-refractivity contribution is 6.34. The number of benzene rings is 1. The van der Waals surface area contributed by atoms with Crippen LogP contribution in [0.3, 0.4) is 0 Å². The van der Waals surface area contributed by atoms with Crippen molar-refractivity contribution in [2.75, 3.05) is 13.1 Å². The summed E-state index contributed by atoms with van der Waals surface area (Å²) in [6, 6.07) is 4.55. The number of piperazine rings is 1. The van der Waals surface area contributed by atoms with Crippen molar-refractivity contribution >= 4 is 23.2 Å². The Labute approximate surface area is 121 Å².